The van der Waals surface area contributed by atoms with Gasteiger partial charge in [-0.1, -0.05) is 78.9 Å². The van der Waals surface area contributed by atoms with Crippen LogP contribution in [0.4, 0.5) is 10.1 Å². The molecule has 6 rings (SSSR count). The van der Waals surface area contributed by atoms with Crippen LogP contribution in [0, 0.1) is 12.7 Å². The van der Waals surface area contributed by atoms with Crippen molar-refractivity contribution in [1.29, 1.82) is 0 Å². The Kier molecular flexibility index (Phi) is 7.37. The summed E-state index contributed by atoms with van der Waals surface area (Å²) in [5.74, 6) is -0.111. The third kappa shape index (κ3) is 5.37. The number of aromatic nitrogens is 1. The first kappa shape index (κ1) is 25.9. The summed E-state index contributed by atoms with van der Waals surface area (Å²) in [5, 5.41) is 1.15. The number of rotatable bonds is 7. The number of nitrogens with zero attached hydrogens (tertiary/aromatic N) is 3. The van der Waals surface area contributed by atoms with E-state index in [4.69, 9.17) is 0 Å². The standard InChI is InChI=1S/C35H34FN3O/c1-26-9-5-7-13-33(26)37-19-21-38(22-20-37)35(40)23-31(28-10-3-2-4-11-28)32-25-39(34-14-8-6-12-30(32)34)24-27-15-17-29(36)18-16-27/h2-18,25,31H,19-24H2,1H3. The van der Waals surface area contributed by atoms with Gasteiger partial charge in [-0.2, -0.15) is 0 Å². The number of benzene rings is 4. The highest BCUT2D eigenvalue weighted by Crippen LogP contribution is 2.36. The number of piperazine rings is 1. The molecule has 1 aliphatic rings. The van der Waals surface area contributed by atoms with E-state index < -0.39 is 0 Å². The molecule has 1 saturated heterocycles. The number of aryl methyl sites for hydroxylation is 1. The fourth-order valence-electron chi connectivity index (χ4n) is 5.98. The number of hydrogen-bond donors (Lipinski definition) is 0. The molecule has 0 bridgehead atoms. The lowest BCUT2D eigenvalue weighted by molar-refractivity contribution is -0.131. The van der Waals surface area contributed by atoms with Crippen LogP contribution >= 0.6 is 0 Å². The first-order valence-corrected chi connectivity index (χ1v) is 14.0. The molecule has 202 valence electrons. The van der Waals surface area contributed by atoms with Crippen molar-refractivity contribution in [2.75, 3.05) is 31.1 Å². The van der Waals surface area contributed by atoms with E-state index in [-0.39, 0.29) is 17.6 Å². The lowest BCUT2D eigenvalue weighted by Gasteiger charge is -2.37. The predicted octanol–water partition coefficient (Wildman–Crippen LogP) is 7.01. The third-order valence-electron chi connectivity index (χ3n) is 8.13. The van der Waals surface area contributed by atoms with E-state index in [2.05, 4.69) is 77.2 Å². The van der Waals surface area contributed by atoms with E-state index in [1.807, 2.05) is 41.3 Å². The highest BCUT2D eigenvalue weighted by atomic mass is 19.1. The summed E-state index contributed by atoms with van der Waals surface area (Å²) in [6.07, 6.45) is 2.61. The first-order chi connectivity index (χ1) is 19.6. The van der Waals surface area contributed by atoms with Gasteiger partial charge >= 0.3 is 0 Å². The molecule has 0 radical (unpaired) electrons. The van der Waals surface area contributed by atoms with Crippen molar-refractivity contribution in [1.82, 2.24) is 9.47 Å². The maximum Gasteiger partial charge on any atom is 0.223 e. The van der Waals surface area contributed by atoms with Crippen molar-refractivity contribution < 1.29 is 9.18 Å². The number of anilines is 1. The van der Waals surface area contributed by atoms with Gasteiger partial charge in [0.25, 0.3) is 0 Å². The van der Waals surface area contributed by atoms with E-state index in [9.17, 15) is 9.18 Å². The highest BCUT2D eigenvalue weighted by molar-refractivity contribution is 5.87. The zero-order chi connectivity index (χ0) is 27.5. The SMILES string of the molecule is Cc1ccccc1N1CCN(C(=O)CC(c2ccccc2)c2cn(Cc3ccc(F)cc3)c3ccccc23)CC1. The van der Waals surface area contributed by atoms with E-state index in [0.717, 1.165) is 53.8 Å². The Morgan fingerprint density at radius 1 is 0.800 bits per heavy atom. The fourth-order valence-corrected chi connectivity index (χ4v) is 5.98. The van der Waals surface area contributed by atoms with Crippen molar-refractivity contribution in [3.63, 3.8) is 0 Å². The van der Waals surface area contributed by atoms with Gasteiger partial charge < -0.3 is 14.4 Å². The summed E-state index contributed by atoms with van der Waals surface area (Å²) >= 11 is 0. The maximum absolute atomic E-state index is 13.8. The van der Waals surface area contributed by atoms with Crippen molar-refractivity contribution in [2.24, 2.45) is 0 Å². The van der Waals surface area contributed by atoms with E-state index >= 15 is 0 Å². The van der Waals surface area contributed by atoms with Crippen LogP contribution in [0.3, 0.4) is 0 Å². The minimum atomic E-state index is -0.232. The number of hydrogen-bond acceptors (Lipinski definition) is 2. The second-order valence-corrected chi connectivity index (χ2v) is 10.7. The minimum absolute atomic E-state index is 0.0672. The van der Waals surface area contributed by atoms with Crippen LogP contribution < -0.4 is 4.90 Å². The fraction of sp³-hybridized carbons (Fsp3) is 0.229. The van der Waals surface area contributed by atoms with E-state index in [0.29, 0.717) is 13.0 Å². The Hall–Kier alpha value is -4.38. The van der Waals surface area contributed by atoms with Gasteiger partial charge in [-0.05, 0) is 53.4 Å². The van der Waals surface area contributed by atoms with Crippen molar-refractivity contribution in [2.45, 2.75) is 25.8 Å². The Morgan fingerprint density at radius 3 is 2.23 bits per heavy atom. The lowest BCUT2D eigenvalue weighted by Crippen LogP contribution is -2.49. The number of carbonyl (C=O) groups excluding carboxylic acids is 1. The van der Waals surface area contributed by atoms with Crippen molar-refractivity contribution in [3.05, 3.63) is 137 Å². The number of carbonyl (C=O) groups is 1. The van der Waals surface area contributed by atoms with Gasteiger partial charge in [-0.3, -0.25) is 4.79 Å². The molecule has 0 aliphatic carbocycles. The van der Waals surface area contributed by atoms with Crippen LogP contribution in [0.5, 0.6) is 0 Å². The van der Waals surface area contributed by atoms with Crippen LogP contribution in [0.15, 0.2) is 109 Å². The molecule has 1 atom stereocenters. The van der Waals surface area contributed by atoms with Gasteiger partial charge in [-0.15, -0.1) is 0 Å². The third-order valence-corrected chi connectivity index (χ3v) is 8.13. The lowest BCUT2D eigenvalue weighted by atomic mass is 9.87. The first-order valence-electron chi connectivity index (χ1n) is 14.0. The number of amides is 1. The van der Waals surface area contributed by atoms with Gasteiger partial charge in [-0.25, -0.2) is 4.39 Å². The minimum Gasteiger partial charge on any atom is -0.368 e. The average Bonchev–Trinajstić information content (AvgIpc) is 3.35. The molecule has 4 nitrogen and oxygen atoms in total. The number of para-hydroxylation sites is 2. The zero-order valence-corrected chi connectivity index (χ0v) is 22.8. The van der Waals surface area contributed by atoms with Gasteiger partial charge in [0.05, 0.1) is 0 Å². The maximum atomic E-state index is 13.8. The molecule has 1 amide bonds. The van der Waals surface area contributed by atoms with Gasteiger partial charge in [0, 0.05) is 67.8 Å². The molecule has 1 aliphatic heterocycles. The molecule has 1 unspecified atom stereocenters. The van der Waals surface area contributed by atoms with Crippen LogP contribution in [0.2, 0.25) is 0 Å². The molecular formula is C35H34FN3O. The topological polar surface area (TPSA) is 28.5 Å². The Labute approximate surface area is 235 Å². The summed E-state index contributed by atoms with van der Waals surface area (Å²) < 4.78 is 15.8. The van der Waals surface area contributed by atoms with Crippen LogP contribution in [-0.4, -0.2) is 41.6 Å². The summed E-state index contributed by atoms with van der Waals surface area (Å²) in [5.41, 5.74) is 6.96. The van der Waals surface area contributed by atoms with Crippen LogP contribution in [0.1, 0.15) is 34.6 Å². The number of fused-ring (bicyclic) bond motifs is 1. The molecule has 1 fully saturated rings. The zero-order valence-electron chi connectivity index (χ0n) is 22.8. The summed E-state index contributed by atoms with van der Waals surface area (Å²) in [6, 6.07) is 33.9. The second-order valence-electron chi connectivity index (χ2n) is 10.7. The second kappa shape index (κ2) is 11.4. The molecule has 0 saturated carbocycles. The normalized spacial score (nSPS) is 14.4. The van der Waals surface area contributed by atoms with Crippen LogP contribution in [0.25, 0.3) is 10.9 Å². The largest absolute Gasteiger partial charge is 0.368 e. The van der Waals surface area contributed by atoms with Crippen molar-refractivity contribution in [3.8, 4) is 0 Å². The molecule has 5 heteroatoms. The van der Waals surface area contributed by atoms with Gasteiger partial charge in [0.2, 0.25) is 5.91 Å². The molecular weight excluding hydrogens is 497 g/mol. The summed E-state index contributed by atoms with van der Waals surface area (Å²) in [7, 11) is 0. The van der Waals surface area contributed by atoms with Crippen LogP contribution in [-0.2, 0) is 11.3 Å². The van der Waals surface area contributed by atoms with E-state index in [1.54, 1.807) is 0 Å². The Morgan fingerprint density at radius 2 is 1.48 bits per heavy atom. The van der Waals surface area contributed by atoms with Gasteiger partial charge in [0.1, 0.15) is 5.82 Å². The molecule has 0 N–H and O–H groups in total. The number of halogens is 1. The smallest absolute Gasteiger partial charge is 0.223 e. The summed E-state index contributed by atoms with van der Waals surface area (Å²) in [4.78, 5) is 18.2. The molecule has 0 spiro atoms. The van der Waals surface area contributed by atoms with Gasteiger partial charge in [0.15, 0.2) is 0 Å². The Balaban J connectivity index is 1.27. The predicted molar refractivity (Wildman–Crippen MR) is 160 cm³/mol. The molecule has 2 heterocycles. The summed E-state index contributed by atoms with van der Waals surface area (Å²) in [6.45, 7) is 5.90. The Bertz CT molecular complexity index is 1600. The highest BCUT2D eigenvalue weighted by Gasteiger charge is 2.27. The average molecular weight is 532 g/mol. The molecule has 4 aromatic carbocycles. The molecule has 1 aromatic heterocycles. The monoisotopic (exact) mass is 531 g/mol. The molecule has 40 heavy (non-hydrogen) atoms. The molecule has 5 aromatic rings. The van der Waals surface area contributed by atoms with Crippen molar-refractivity contribution >= 4 is 22.5 Å². The quantitative estimate of drug-likeness (QED) is 0.226. The van der Waals surface area contributed by atoms with E-state index in [1.165, 1.54) is 23.4 Å².